The normalized spacial score (nSPS) is 15.7. The third-order valence-corrected chi connectivity index (χ3v) is 5.75. The van der Waals surface area contributed by atoms with Crippen molar-refractivity contribution in [2.75, 3.05) is 5.01 Å². The molecule has 0 amide bonds. The van der Waals surface area contributed by atoms with Gasteiger partial charge in [-0.25, -0.2) is 8.78 Å². The van der Waals surface area contributed by atoms with E-state index in [0.29, 0.717) is 5.56 Å². The summed E-state index contributed by atoms with van der Waals surface area (Å²) in [6.07, 6.45) is -5.72. The van der Waals surface area contributed by atoms with Crippen molar-refractivity contribution in [3.63, 3.8) is 0 Å². The van der Waals surface area contributed by atoms with Crippen LogP contribution in [0.25, 0.3) is 11.1 Å². The van der Waals surface area contributed by atoms with Crippen molar-refractivity contribution < 1.29 is 36.6 Å². The molecule has 0 spiro atoms. The minimum absolute atomic E-state index is 0.0910. The number of alkyl halides is 3. The van der Waals surface area contributed by atoms with E-state index >= 15 is 0 Å². The molecule has 3 aromatic carbocycles. The second-order valence-electron chi connectivity index (χ2n) is 8.52. The zero-order valence-corrected chi connectivity index (χ0v) is 19.2. The van der Waals surface area contributed by atoms with Crippen molar-refractivity contribution in [1.82, 2.24) is 0 Å². The lowest BCUT2D eigenvalue weighted by molar-refractivity contribution is -0.137. The van der Waals surface area contributed by atoms with Gasteiger partial charge in [0.2, 0.25) is 0 Å². The van der Waals surface area contributed by atoms with Crippen LogP contribution in [0.1, 0.15) is 24.0 Å². The third kappa shape index (κ3) is 5.32. The molecule has 1 atom stereocenters. The summed E-state index contributed by atoms with van der Waals surface area (Å²) in [5, 5.41) is 13.7. The summed E-state index contributed by atoms with van der Waals surface area (Å²) < 4.78 is 74.3. The second kappa shape index (κ2) is 9.60. The van der Waals surface area contributed by atoms with Gasteiger partial charge in [-0.15, -0.1) is 0 Å². The Balaban J connectivity index is 1.57. The molecule has 10 heteroatoms. The predicted octanol–water partition coefficient (Wildman–Crippen LogP) is 7.01. The van der Waals surface area contributed by atoms with Gasteiger partial charge in [-0.2, -0.15) is 18.3 Å². The number of carboxylic acid groups (broad SMARTS) is 1. The summed E-state index contributed by atoms with van der Waals surface area (Å²) in [5.74, 6) is -2.03. The molecule has 3 aromatic rings. The fourth-order valence-electron chi connectivity index (χ4n) is 3.98. The van der Waals surface area contributed by atoms with Gasteiger partial charge in [0.1, 0.15) is 28.8 Å². The van der Waals surface area contributed by atoms with E-state index in [1.807, 2.05) is 0 Å². The van der Waals surface area contributed by atoms with Crippen molar-refractivity contribution in [1.29, 1.82) is 0 Å². The van der Waals surface area contributed by atoms with Crippen LogP contribution in [0.3, 0.4) is 0 Å². The van der Waals surface area contributed by atoms with Gasteiger partial charge >= 0.3 is 12.1 Å². The first-order valence-corrected chi connectivity index (χ1v) is 10.9. The lowest BCUT2D eigenvalue weighted by atomic mass is 10.00. The Morgan fingerprint density at radius 2 is 1.69 bits per heavy atom. The molecule has 1 unspecified atom stereocenters. The number of aliphatic carboxylic acids is 1. The number of aryl methyl sites for hydroxylation is 2. The van der Waals surface area contributed by atoms with Crippen LogP contribution in [0, 0.1) is 25.5 Å². The Labute approximate surface area is 203 Å². The Bertz CT molecular complexity index is 1340. The van der Waals surface area contributed by atoms with E-state index < -0.39 is 48.4 Å². The van der Waals surface area contributed by atoms with Gasteiger partial charge in [-0.1, -0.05) is 11.6 Å². The molecule has 5 nitrogen and oxygen atoms in total. The SMILES string of the molecule is Cc1ccc(F)c(-c2cc(C)c(Oc3ccc(N4N=C(C(F)(F)F)CC4CC(=O)O)cc3)cc2F)c1. The molecule has 36 heavy (non-hydrogen) atoms. The van der Waals surface area contributed by atoms with Crippen LogP contribution < -0.4 is 9.75 Å². The fraction of sp³-hybridized carbons (Fsp3) is 0.231. The number of halogens is 5. The second-order valence-corrected chi connectivity index (χ2v) is 8.52. The molecule has 0 radical (unpaired) electrons. The standard InChI is InChI=1S/C26H21F5N2O3/c1-14-3-8-21(27)19(9-14)20-10-15(2)23(13-22(20)28)36-18-6-4-16(5-7-18)33-17(12-25(34)35)11-24(32-33)26(29,30)31/h3-10,13,17H,11-12H2,1-2H3,(H,34,35). The lowest BCUT2D eigenvalue weighted by Gasteiger charge is -2.22. The molecule has 1 N–H and O–H groups in total. The van der Waals surface area contributed by atoms with Crippen molar-refractivity contribution in [3.05, 3.63) is 77.4 Å². The predicted molar refractivity (Wildman–Crippen MR) is 124 cm³/mol. The van der Waals surface area contributed by atoms with Gasteiger partial charge in [0.05, 0.1) is 18.2 Å². The maximum absolute atomic E-state index is 14.9. The van der Waals surface area contributed by atoms with Crippen LogP contribution in [0.4, 0.5) is 27.6 Å². The molecule has 0 aromatic heterocycles. The summed E-state index contributed by atoms with van der Waals surface area (Å²) in [6, 6.07) is 11.8. The summed E-state index contributed by atoms with van der Waals surface area (Å²) >= 11 is 0. The molecular formula is C26H21F5N2O3. The Kier molecular flexibility index (Phi) is 6.71. The highest BCUT2D eigenvalue weighted by molar-refractivity contribution is 5.94. The largest absolute Gasteiger partial charge is 0.481 e. The Morgan fingerprint density at radius 3 is 2.33 bits per heavy atom. The van der Waals surface area contributed by atoms with Crippen molar-refractivity contribution in [3.8, 4) is 22.6 Å². The van der Waals surface area contributed by atoms with Gasteiger partial charge in [0, 0.05) is 23.6 Å². The molecule has 0 aliphatic carbocycles. The van der Waals surface area contributed by atoms with Crippen molar-refractivity contribution in [2.24, 2.45) is 5.10 Å². The average molecular weight is 504 g/mol. The van der Waals surface area contributed by atoms with E-state index in [9.17, 15) is 26.7 Å². The molecule has 1 heterocycles. The topological polar surface area (TPSA) is 62.1 Å². The van der Waals surface area contributed by atoms with Crippen molar-refractivity contribution in [2.45, 2.75) is 38.9 Å². The number of carbonyl (C=O) groups is 1. The summed E-state index contributed by atoms with van der Waals surface area (Å²) in [4.78, 5) is 11.1. The number of carboxylic acids is 1. The molecule has 188 valence electrons. The number of hydrogen-bond acceptors (Lipinski definition) is 4. The quantitative estimate of drug-likeness (QED) is 0.367. The van der Waals surface area contributed by atoms with Crippen LogP contribution in [-0.2, 0) is 4.79 Å². The number of ether oxygens (including phenoxy) is 1. The maximum atomic E-state index is 14.9. The highest BCUT2D eigenvalue weighted by Crippen LogP contribution is 2.36. The zero-order chi connectivity index (χ0) is 26.2. The van der Waals surface area contributed by atoms with Gasteiger partial charge in [0.15, 0.2) is 0 Å². The first-order chi connectivity index (χ1) is 16.9. The van der Waals surface area contributed by atoms with Gasteiger partial charge in [0.25, 0.3) is 0 Å². The Morgan fingerprint density at radius 1 is 1.03 bits per heavy atom. The number of rotatable bonds is 6. The summed E-state index contributed by atoms with van der Waals surface area (Å²) in [5.41, 5.74) is 0.738. The first-order valence-electron chi connectivity index (χ1n) is 10.9. The molecule has 0 fully saturated rings. The average Bonchev–Trinajstić information content (AvgIpc) is 3.22. The van der Waals surface area contributed by atoms with E-state index in [4.69, 9.17) is 9.84 Å². The minimum Gasteiger partial charge on any atom is -0.481 e. The molecule has 0 saturated carbocycles. The summed E-state index contributed by atoms with van der Waals surface area (Å²) in [6.45, 7) is 3.45. The monoisotopic (exact) mass is 504 g/mol. The number of nitrogens with zero attached hydrogens (tertiary/aromatic N) is 2. The lowest BCUT2D eigenvalue weighted by Crippen LogP contribution is -2.29. The van der Waals surface area contributed by atoms with Crippen LogP contribution in [0.15, 0.2) is 59.7 Å². The number of hydrazone groups is 1. The van der Waals surface area contributed by atoms with Gasteiger partial charge in [-0.3, -0.25) is 9.80 Å². The number of anilines is 1. The zero-order valence-electron chi connectivity index (χ0n) is 19.2. The number of hydrogen-bond donors (Lipinski definition) is 1. The van der Waals surface area contributed by atoms with Crippen LogP contribution >= 0.6 is 0 Å². The van der Waals surface area contributed by atoms with Crippen LogP contribution in [-0.4, -0.2) is 29.0 Å². The minimum atomic E-state index is -4.66. The smallest absolute Gasteiger partial charge is 0.431 e. The maximum Gasteiger partial charge on any atom is 0.431 e. The van der Waals surface area contributed by atoms with E-state index in [1.165, 1.54) is 36.4 Å². The van der Waals surface area contributed by atoms with Crippen LogP contribution in [0.5, 0.6) is 11.5 Å². The Hall–Kier alpha value is -3.95. The highest BCUT2D eigenvalue weighted by Gasteiger charge is 2.43. The molecule has 1 aliphatic heterocycles. The van der Waals surface area contributed by atoms with E-state index in [2.05, 4.69) is 5.10 Å². The molecular weight excluding hydrogens is 483 g/mol. The van der Waals surface area contributed by atoms with E-state index in [0.717, 1.165) is 16.6 Å². The van der Waals surface area contributed by atoms with Crippen molar-refractivity contribution >= 4 is 17.4 Å². The van der Waals surface area contributed by atoms with Gasteiger partial charge < -0.3 is 9.84 Å². The third-order valence-electron chi connectivity index (χ3n) is 5.75. The van der Waals surface area contributed by atoms with E-state index in [-0.39, 0.29) is 28.3 Å². The fourth-order valence-corrected chi connectivity index (χ4v) is 3.98. The summed E-state index contributed by atoms with van der Waals surface area (Å²) in [7, 11) is 0. The molecule has 1 aliphatic rings. The van der Waals surface area contributed by atoms with Crippen LogP contribution in [0.2, 0.25) is 0 Å². The van der Waals surface area contributed by atoms with E-state index in [1.54, 1.807) is 26.0 Å². The van der Waals surface area contributed by atoms with Gasteiger partial charge in [-0.05, 0) is 61.9 Å². The first kappa shape index (κ1) is 25.2. The highest BCUT2D eigenvalue weighted by atomic mass is 19.4. The molecule has 0 saturated heterocycles. The number of benzene rings is 3. The molecule has 4 rings (SSSR count). The molecule has 0 bridgehead atoms.